The lowest BCUT2D eigenvalue weighted by Crippen LogP contribution is -2.19. The number of urea groups is 1. The van der Waals surface area contributed by atoms with Crippen LogP contribution in [0.1, 0.15) is 25.7 Å². The van der Waals surface area contributed by atoms with Gasteiger partial charge in [-0.2, -0.15) is 0 Å². The molecule has 6 heteroatoms. The predicted octanol–water partition coefficient (Wildman–Crippen LogP) is 4.34. The molecule has 1 aliphatic carbocycles. The Kier molecular flexibility index (Phi) is 5.72. The summed E-state index contributed by atoms with van der Waals surface area (Å²) in [5, 5.41) is 9.01. The summed E-state index contributed by atoms with van der Waals surface area (Å²) in [4.78, 5) is 16.1. The first-order chi connectivity index (χ1) is 12.2. The maximum Gasteiger partial charge on any atom is 0.323 e. The zero-order valence-corrected chi connectivity index (χ0v) is 14.4. The van der Waals surface area contributed by atoms with Crippen LogP contribution in [-0.4, -0.2) is 24.7 Å². The topological polar surface area (TPSA) is 75.3 Å². The number of hydrogen-bond acceptors (Lipinski definition) is 4. The third kappa shape index (κ3) is 5.11. The lowest BCUT2D eigenvalue weighted by Gasteiger charge is -2.12. The highest BCUT2D eigenvalue weighted by atomic mass is 16.5. The number of nitrogens with zero attached hydrogens (tertiary/aromatic N) is 1. The Morgan fingerprint density at radius 2 is 1.68 bits per heavy atom. The van der Waals surface area contributed by atoms with Gasteiger partial charge in [0, 0.05) is 24.0 Å². The highest BCUT2D eigenvalue weighted by molar-refractivity contribution is 5.99. The Labute approximate surface area is 148 Å². The second-order valence-corrected chi connectivity index (χ2v) is 6.28. The Bertz CT molecular complexity index is 680. The van der Waals surface area contributed by atoms with E-state index in [9.17, 15) is 4.79 Å². The summed E-state index contributed by atoms with van der Waals surface area (Å²) >= 11 is 0. The molecule has 0 bridgehead atoms. The van der Waals surface area contributed by atoms with E-state index in [4.69, 9.17) is 4.74 Å². The number of carbonyl (C=O) groups is 1. The number of rotatable bonds is 6. The minimum Gasteiger partial charge on any atom is -0.481 e. The van der Waals surface area contributed by atoms with E-state index in [0.717, 1.165) is 23.8 Å². The Morgan fingerprint density at radius 3 is 2.32 bits per heavy atom. The minimum atomic E-state index is -0.307. The second kappa shape index (κ2) is 8.37. The number of carbonyl (C=O) groups excluding carboxylic acids is 1. The summed E-state index contributed by atoms with van der Waals surface area (Å²) in [5.74, 6) is 1.30. The van der Waals surface area contributed by atoms with Crippen molar-refractivity contribution in [2.45, 2.75) is 25.7 Å². The summed E-state index contributed by atoms with van der Waals surface area (Å²) in [6.07, 6.45) is 6.91. The molecular weight excluding hydrogens is 316 g/mol. The highest BCUT2D eigenvalue weighted by Crippen LogP contribution is 2.25. The molecule has 0 saturated heterocycles. The highest BCUT2D eigenvalue weighted by Gasteiger charge is 2.14. The number of ether oxygens (including phenoxy) is 1. The van der Waals surface area contributed by atoms with Gasteiger partial charge in [-0.1, -0.05) is 12.8 Å². The third-order valence-electron chi connectivity index (χ3n) is 4.42. The number of benzene rings is 1. The number of anilines is 3. The van der Waals surface area contributed by atoms with Crippen molar-refractivity contribution in [1.29, 1.82) is 0 Å². The van der Waals surface area contributed by atoms with E-state index < -0.39 is 0 Å². The van der Waals surface area contributed by atoms with Gasteiger partial charge in [-0.25, -0.2) is 9.78 Å². The minimum absolute atomic E-state index is 0.307. The van der Waals surface area contributed by atoms with Crippen molar-refractivity contribution in [3.8, 4) is 5.88 Å². The molecule has 1 aromatic heterocycles. The zero-order chi connectivity index (χ0) is 17.5. The van der Waals surface area contributed by atoms with Crippen LogP contribution in [0.25, 0.3) is 0 Å². The van der Waals surface area contributed by atoms with E-state index in [1.807, 2.05) is 24.3 Å². The summed E-state index contributed by atoms with van der Waals surface area (Å²) in [5.41, 5.74) is 2.43. The third-order valence-corrected chi connectivity index (χ3v) is 4.42. The molecule has 3 N–H and O–H groups in total. The molecule has 1 heterocycles. The van der Waals surface area contributed by atoms with Crippen molar-refractivity contribution in [3.63, 3.8) is 0 Å². The van der Waals surface area contributed by atoms with E-state index >= 15 is 0 Å². The van der Waals surface area contributed by atoms with Crippen molar-refractivity contribution < 1.29 is 9.53 Å². The number of methoxy groups -OCH3 is 1. The van der Waals surface area contributed by atoms with Gasteiger partial charge in [-0.3, -0.25) is 0 Å². The van der Waals surface area contributed by atoms with Crippen molar-refractivity contribution in [3.05, 3.63) is 42.6 Å². The largest absolute Gasteiger partial charge is 0.481 e. The number of aromatic nitrogens is 1. The number of hydrogen-bond donors (Lipinski definition) is 3. The summed E-state index contributed by atoms with van der Waals surface area (Å²) < 4.78 is 4.99. The van der Waals surface area contributed by atoms with Crippen LogP contribution < -0.4 is 20.7 Å². The quantitative estimate of drug-likeness (QED) is 0.731. The first-order valence-corrected chi connectivity index (χ1v) is 8.65. The SMILES string of the molecule is COc1ccc(NC(=O)Nc2ccc(NCC3CCCC3)cc2)cn1. The van der Waals surface area contributed by atoms with Gasteiger partial charge in [0.1, 0.15) is 0 Å². The van der Waals surface area contributed by atoms with Gasteiger partial charge in [-0.05, 0) is 49.1 Å². The maximum absolute atomic E-state index is 12.0. The number of nitrogens with one attached hydrogen (secondary N) is 3. The van der Waals surface area contributed by atoms with Crippen LogP contribution in [-0.2, 0) is 0 Å². The molecule has 6 nitrogen and oxygen atoms in total. The molecule has 1 fully saturated rings. The van der Waals surface area contributed by atoms with Crippen LogP contribution in [0.2, 0.25) is 0 Å². The Morgan fingerprint density at radius 1 is 1.04 bits per heavy atom. The van der Waals surface area contributed by atoms with E-state index in [2.05, 4.69) is 20.9 Å². The first kappa shape index (κ1) is 17.1. The zero-order valence-electron chi connectivity index (χ0n) is 14.4. The lowest BCUT2D eigenvalue weighted by atomic mass is 10.1. The van der Waals surface area contributed by atoms with Gasteiger partial charge in [0.2, 0.25) is 5.88 Å². The molecule has 0 atom stereocenters. The van der Waals surface area contributed by atoms with E-state index in [0.29, 0.717) is 11.6 Å². The predicted molar refractivity (Wildman–Crippen MR) is 100 cm³/mol. The fourth-order valence-electron chi connectivity index (χ4n) is 3.02. The second-order valence-electron chi connectivity index (χ2n) is 6.28. The molecule has 1 saturated carbocycles. The van der Waals surface area contributed by atoms with Crippen molar-refractivity contribution in [2.24, 2.45) is 5.92 Å². The van der Waals surface area contributed by atoms with Gasteiger partial charge in [0.15, 0.2) is 0 Å². The molecule has 1 aliphatic rings. The van der Waals surface area contributed by atoms with Gasteiger partial charge in [0.25, 0.3) is 0 Å². The van der Waals surface area contributed by atoms with Crippen LogP contribution in [0.15, 0.2) is 42.6 Å². The number of pyridine rings is 1. The fourth-order valence-corrected chi connectivity index (χ4v) is 3.02. The van der Waals surface area contributed by atoms with Crippen LogP contribution in [0.4, 0.5) is 21.9 Å². The lowest BCUT2D eigenvalue weighted by molar-refractivity contribution is 0.262. The molecule has 2 amide bonds. The standard InChI is InChI=1S/C19H24N4O2/c1-25-18-11-10-17(13-21-18)23-19(24)22-16-8-6-15(7-9-16)20-12-14-4-2-3-5-14/h6-11,13-14,20H,2-5,12H2,1H3,(H2,22,23,24). The summed E-state index contributed by atoms with van der Waals surface area (Å²) in [7, 11) is 1.55. The van der Waals surface area contributed by atoms with E-state index in [1.165, 1.54) is 25.7 Å². The smallest absolute Gasteiger partial charge is 0.323 e. The van der Waals surface area contributed by atoms with Gasteiger partial charge < -0.3 is 20.7 Å². The fraction of sp³-hybridized carbons (Fsp3) is 0.368. The molecule has 0 spiro atoms. The molecule has 3 rings (SSSR count). The summed E-state index contributed by atoms with van der Waals surface area (Å²) in [6, 6.07) is 10.9. The Balaban J connectivity index is 1.47. The molecular formula is C19H24N4O2. The van der Waals surface area contributed by atoms with Gasteiger partial charge in [0.05, 0.1) is 19.0 Å². The summed E-state index contributed by atoms with van der Waals surface area (Å²) in [6.45, 7) is 1.03. The molecule has 1 aromatic carbocycles. The molecule has 0 aliphatic heterocycles. The monoisotopic (exact) mass is 340 g/mol. The number of amides is 2. The molecule has 132 valence electrons. The average molecular weight is 340 g/mol. The molecule has 0 radical (unpaired) electrons. The van der Waals surface area contributed by atoms with Crippen LogP contribution in [0.5, 0.6) is 5.88 Å². The molecule has 25 heavy (non-hydrogen) atoms. The van der Waals surface area contributed by atoms with Crippen LogP contribution in [0, 0.1) is 5.92 Å². The van der Waals surface area contributed by atoms with Crippen molar-refractivity contribution in [1.82, 2.24) is 4.98 Å². The van der Waals surface area contributed by atoms with Gasteiger partial charge in [-0.15, -0.1) is 0 Å². The van der Waals surface area contributed by atoms with Crippen LogP contribution in [0.3, 0.4) is 0 Å². The van der Waals surface area contributed by atoms with E-state index in [1.54, 1.807) is 25.4 Å². The average Bonchev–Trinajstić information content (AvgIpc) is 3.15. The molecule has 0 unspecified atom stereocenters. The van der Waals surface area contributed by atoms with E-state index in [-0.39, 0.29) is 6.03 Å². The van der Waals surface area contributed by atoms with Crippen molar-refractivity contribution in [2.75, 3.05) is 29.6 Å². The molecule has 2 aromatic rings. The first-order valence-electron chi connectivity index (χ1n) is 8.65. The van der Waals surface area contributed by atoms with Gasteiger partial charge >= 0.3 is 6.03 Å². The maximum atomic E-state index is 12.0. The van der Waals surface area contributed by atoms with Crippen molar-refractivity contribution >= 4 is 23.1 Å². The van der Waals surface area contributed by atoms with Crippen LogP contribution >= 0.6 is 0 Å². The Hall–Kier alpha value is -2.76. The normalized spacial score (nSPS) is 14.1.